The largest absolute Gasteiger partial charge is 0.354 e. The Morgan fingerprint density at radius 2 is 1.54 bits per heavy atom. The molecule has 1 aromatic heterocycles. The molecule has 1 aliphatic heterocycles. The van der Waals surface area contributed by atoms with Crippen LogP contribution in [0.25, 0.3) is 5.69 Å². The van der Waals surface area contributed by atoms with Crippen molar-refractivity contribution in [2.75, 3.05) is 0 Å². The summed E-state index contributed by atoms with van der Waals surface area (Å²) in [6, 6.07) is 18.1. The maximum atomic E-state index is 13.4. The Balaban J connectivity index is 2.02. The normalized spacial score (nSPS) is 20.5. The van der Waals surface area contributed by atoms with E-state index < -0.39 is 29.3 Å². The van der Waals surface area contributed by atoms with Gasteiger partial charge in [0.25, 0.3) is 0 Å². The molecule has 1 aliphatic rings. The molecule has 0 bridgehead atoms. The van der Waals surface area contributed by atoms with Gasteiger partial charge in [0.05, 0.1) is 5.69 Å². The number of para-hydroxylation sites is 1. The highest BCUT2D eigenvalue weighted by molar-refractivity contribution is 5.31. The van der Waals surface area contributed by atoms with Crippen molar-refractivity contribution in [2.45, 2.75) is 38.6 Å². The van der Waals surface area contributed by atoms with E-state index in [0.717, 1.165) is 11.1 Å². The van der Waals surface area contributed by atoms with E-state index >= 15 is 0 Å². The van der Waals surface area contributed by atoms with E-state index in [-0.39, 0.29) is 0 Å². The summed E-state index contributed by atoms with van der Waals surface area (Å²) in [5.74, 6) is 0. The van der Waals surface area contributed by atoms with Crippen LogP contribution < -0.4 is 11.4 Å². The van der Waals surface area contributed by atoms with Gasteiger partial charge in [-0.15, -0.1) is 0 Å². The molecule has 0 N–H and O–H groups in total. The van der Waals surface area contributed by atoms with Gasteiger partial charge in [-0.05, 0) is 38.5 Å². The maximum Gasteiger partial charge on any atom is 0.354 e. The summed E-state index contributed by atoms with van der Waals surface area (Å²) < 4.78 is 10.5. The molecule has 3 aromatic rings. The van der Waals surface area contributed by atoms with E-state index in [1.165, 1.54) is 13.9 Å². The molecule has 2 aromatic carbocycles. The standard InChI is InChI=1S/C22H23N3O3/c1-15(2)18-19(16-11-7-5-8-12-16)28-22(3,4)25-21(27)23(20(26)24(18)25)17-13-9-6-10-14-17/h5-14,18-19H,1H2,2-4H3/t18-,19-/m0/s1. The molecular weight excluding hydrogens is 354 g/mol. The maximum absolute atomic E-state index is 13.4. The Bertz CT molecular complexity index is 1140. The highest BCUT2D eigenvalue weighted by Crippen LogP contribution is 2.42. The van der Waals surface area contributed by atoms with Crippen LogP contribution in [0.4, 0.5) is 0 Å². The SMILES string of the molecule is C=C(C)[C@H]1[C@H](c2ccccc2)OC(C)(C)n2c(=O)n(-c3ccccc3)c(=O)n21. The molecular formula is C22H23N3O3. The van der Waals surface area contributed by atoms with E-state index in [2.05, 4.69) is 6.58 Å². The number of hydrogen-bond donors (Lipinski definition) is 0. The minimum absolute atomic E-state index is 0.401. The first kappa shape index (κ1) is 18.3. The lowest BCUT2D eigenvalue weighted by molar-refractivity contribution is -0.187. The van der Waals surface area contributed by atoms with Crippen LogP contribution in [0.3, 0.4) is 0 Å². The summed E-state index contributed by atoms with van der Waals surface area (Å²) in [6.07, 6.45) is -0.433. The van der Waals surface area contributed by atoms with Crippen molar-refractivity contribution in [3.63, 3.8) is 0 Å². The Morgan fingerprint density at radius 3 is 2.11 bits per heavy atom. The van der Waals surface area contributed by atoms with Gasteiger partial charge in [0.2, 0.25) is 0 Å². The summed E-state index contributed by atoms with van der Waals surface area (Å²) in [7, 11) is 0. The predicted molar refractivity (Wildman–Crippen MR) is 108 cm³/mol. The number of ether oxygens (including phenoxy) is 1. The molecule has 0 aliphatic carbocycles. The Hall–Kier alpha value is -3.12. The summed E-state index contributed by atoms with van der Waals surface area (Å²) in [5.41, 5.74) is 0.356. The van der Waals surface area contributed by atoms with Crippen LogP contribution in [0.1, 0.15) is 38.5 Å². The van der Waals surface area contributed by atoms with Crippen LogP contribution in [0.15, 0.2) is 82.4 Å². The van der Waals surface area contributed by atoms with Crippen LogP contribution in [0, 0.1) is 0 Å². The predicted octanol–water partition coefficient (Wildman–Crippen LogP) is 3.38. The first-order chi connectivity index (χ1) is 13.3. The van der Waals surface area contributed by atoms with Crippen LogP contribution in [0.5, 0.6) is 0 Å². The third kappa shape index (κ3) is 2.68. The molecule has 28 heavy (non-hydrogen) atoms. The van der Waals surface area contributed by atoms with Gasteiger partial charge in [0.1, 0.15) is 12.1 Å². The number of rotatable bonds is 3. The molecule has 6 nitrogen and oxygen atoms in total. The van der Waals surface area contributed by atoms with Gasteiger partial charge in [-0.2, -0.15) is 4.68 Å². The van der Waals surface area contributed by atoms with Gasteiger partial charge in [-0.3, -0.25) is 0 Å². The molecule has 6 heteroatoms. The van der Waals surface area contributed by atoms with Crippen LogP contribution >= 0.6 is 0 Å². The van der Waals surface area contributed by atoms with E-state index in [1.54, 1.807) is 38.1 Å². The fraction of sp³-hybridized carbons (Fsp3) is 0.273. The third-order valence-electron chi connectivity index (χ3n) is 5.10. The fourth-order valence-electron chi connectivity index (χ4n) is 3.90. The first-order valence-electron chi connectivity index (χ1n) is 9.23. The van der Waals surface area contributed by atoms with E-state index in [0.29, 0.717) is 5.69 Å². The average Bonchev–Trinajstić information content (AvgIpc) is 2.94. The van der Waals surface area contributed by atoms with Gasteiger partial charge in [0.15, 0.2) is 5.72 Å². The van der Waals surface area contributed by atoms with E-state index in [9.17, 15) is 9.59 Å². The minimum Gasteiger partial charge on any atom is -0.344 e. The second kappa shape index (κ2) is 6.49. The summed E-state index contributed by atoms with van der Waals surface area (Å²) >= 11 is 0. The zero-order chi connectivity index (χ0) is 20.1. The Labute approximate surface area is 162 Å². The zero-order valence-electron chi connectivity index (χ0n) is 16.2. The number of hydrogen-bond acceptors (Lipinski definition) is 3. The molecule has 0 amide bonds. The second-order valence-corrected chi connectivity index (χ2v) is 7.58. The minimum atomic E-state index is -1.01. The average molecular weight is 377 g/mol. The van der Waals surface area contributed by atoms with Gasteiger partial charge in [-0.25, -0.2) is 18.8 Å². The van der Waals surface area contributed by atoms with Crippen molar-refractivity contribution in [1.29, 1.82) is 0 Å². The van der Waals surface area contributed by atoms with Crippen LogP contribution in [-0.2, 0) is 10.5 Å². The molecule has 0 fully saturated rings. The Morgan fingerprint density at radius 1 is 0.964 bits per heavy atom. The molecule has 2 atom stereocenters. The lowest BCUT2D eigenvalue weighted by atomic mass is 9.96. The lowest BCUT2D eigenvalue weighted by Crippen LogP contribution is -2.51. The van der Waals surface area contributed by atoms with Crippen molar-refractivity contribution in [1.82, 2.24) is 13.9 Å². The molecule has 0 unspecified atom stereocenters. The van der Waals surface area contributed by atoms with Crippen molar-refractivity contribution >= 4 is 0 Å². The lowest BCUT2D eigenvalue weighted by Gasteiger charge is -2.43. The monoisotopic (exact) mass is 377 g/mol. The molecule has 0 radical (unpaired) electrons. The molecule has 0 spiro atoms. The van der Waals surface area contributed by atoms with Crippen molar-refractivity contribution in [2.24, 2.45) is 0 Å². The number of aromatic nitrogens is 3. The third-order valence-corrected chi connectivity index (χ3v) is 5.10. The first-order valence-corrected chi connectivity index (χ1v) is 9.23. The van der Waals surface area contributed by atoms with Crippen molar-refractivity contribution < 1.29 is 4.74 Å². The van der Waals surface area contributed by atoms with E-state index in [4.69, 9.17) is 4.74 Å². The molecule has 0 saturated carbocycles. The molecule has 2 heterocycles. The fourth-order valence-corrected chi connectivity index (χ4v) is 3.90. The summed E-state index contributed by atoms with van der Waals surface area (Å²) in [6.45, 7) is 9.53. The Kier molecular flexibility index (Phi) is 4.23. The summed E-state index contributed by atoms with van der Waals surface area (Å²) in [4.78, 5) is 26.7. The van der Waals surface area contributed by atoms with Gasteiger partial charge >= 0.3 is 11.4 Å². The van der Waals surface area contributed by atoms with Gasteiger partial charge in [-0.1, -0.05) is 60.7 Å². The topological polar surface area (TPSA) is 58.2 Å². The van der Waals surface area contributed by atoms with Gasteiger partial charge < -0.3 is 4.74 Å². The number of nitrogens with zero attached hydrogens (tertiary/aromatic N) is 3. The molecule has 0 saturated heterocycles. The highest BCUT2D eigenvalue weighted by atomic mass is 16.5. The van der Waals surface area contributed by atoms with Gasteiger partial charge in [0, 0.05) is 0 Å². The quantitative estimate of drug-likeness (QED) is 0.658. The summed E-state index contributed by atoms with van der Waals surface area (Å²) in [5, 5.41) is 0. The zero-order valence-corrected chi connectivity index (χ0v) is 16.2. The van der Waals surface area contributed by atoms with Crippen molar-refractivity contribution in [3.8, 4) is 5.69 Å². The smallest absolute Gasteiger partial charge is 0.344 e. The van der Waals surface area contributed by atoms with E-state index in [1.807, 2.05) is 43.3 Å². The number of fused-ring (bicyclic) bond motifs is 1. The highest BCUT2D eigenvalue weighted by Gasteiger charge is 2.44. The van der Waals surface area contributed by atoms with Crippen molar-refractivity contribution in [3.05, 3.63) is 99.3 Å². The van der Waals surface area contributed by atoms with Crippen LogP contribution in [0.2, 0.25) is 0 Å². The number of benzene rings is 2. The second-order valence-electron chi connectivity index (χ2n) is 7.58. The molecule has 144 valence electrons. The molecule has 4 rings (SSSR count). The van der Waals surface area contributed by atoms with Crippen LogP contribution in [-0.4, -0.2) is 13.9 Å².